The predicted octanol–water partition coefficient (Wildman–Crippen LogP) is 1.84. The molecule has 0 aliphatic carbocycles. The van der Waals surface area contributed by atoms with Crippen LogP contribution in [0.5, 0.6) is 11.5 Å². The SMILES string of the molecule is Cc1cc2c(cc1CCNCC(C)CCN)OCO2. The molecule has 1 unspecified atom stereocenters. The van der Waals surface area contributed by atoms with E-state index in [9.17, 15) is 0 Å². The van der Waals surface area contributed by atoms with Gasteiger partial charge in [0.05, 0.1) is 0 Å². The molecular formula is C15H24N2O2. The largest absolute Gasteiger partial charge is 0.454 e. The van der Waals surface area contributed by atoms with Crippen LogP contribution < -0.4 is 20.5 Å². The molecule has 1 atom stereocenters. The maximum atomic E-state index is 5.54. The summed E-state index contributed by atoms with van der Waals surface area (Å²) >= 11 is 0. The zero-order valence-electron chi connectivity index (χ0n) is 11.9. The number of aryl methyl sites for hydroxylation is 1. The molecule has 4 heteroatoms. The Balaban J connectivity index is 1.80. The number of hydrogen-bond donors (Lipinski definition) is 2. The van der Waals surface area contributed by atoms with Crippen LogP contribution in [0.15, 0.2) is 12.1 Å². The number of nitrogens with one attached hydrogen (secondary N) is 1. The second-order valence-electron chi connectivity index (χ2n) is 5.27. The van der Waals surface area contributed by atoms with E-state index >= 15 is 0 Å². The van der Waals surface area contributed by atoms with E-state index in [1.54, 1.807) is 0 Å². The highest BCUT2D eigenvalue weighted by atomic mass is 16.7. The topological polar surface area (TPSA) is 56.5 Å². The van der Waals surface area contributed by atoms with Crippen LogP contribution in [-0.2, 0) is 6.42 Å². The molecule has 1 aliphatic heterocycles. The molecule has 0 aromatic heterocycles. The van der Waals surface area contributed by atoms with Gasteiger partial charge in [0.25, 0.3) is 0 Å². The molecule has 106 valence electrons. The van der Waals surface area contributed by atoms with Gasteiger partial charge < -0.3 is 20.5 Å². The zero-order chi connectivity index (χ0) is 13.7. The molecule has 0 radical (unpaired) electrons. The molecular weight excluding hydrogens is 240 g/mol. The Morgan fingerprint density at radius 1 is 1.32 bits per heavy atom. The molecule has 19 heavy (non-hydrogen) atoms. The normalized spacial score (nSPS) is 14.7. The number of benzene rings is 1. The van der Waals surface area contributed by atoms with E-state index in [1.165, 1.54) is 11.1 Å². The Labute approximate surface area is 115 Å². The third-order valence-corrected chi connectivity index (χ3v) is 3.55. The van der Waals surface area contributed by atoms with Crippen molar-refractivity contribution in [3.05, 3.63) is 23.3 Å². The molecule has 0 saturated carbocycles. The number of fused-ring (bicyclic) bond motifs is 1. The third-order valence-electron chi connectivity index (χ3n) is 3.55. The van der Waals surface area contributed by atoms with E-state index in [-0.39, 0.29) is 0 Å². The lowest BCUT2D eigenvalue weighted by atomic mass is 10.0. The maximum absolute atomic E-state index is 5.54. The lowest BCUT2D eigenvalue weighted by Crippen LogP contribution is -2.25. The van der Waals surface area contributed by atoms with Crippen LogP contribution in [0.25, 0.3) is 0 Å². The highest BCUT2D eigenvalue weighted by Gasteiger charge is 2.15. The summed E-state index contributed by atoms with van der Waals surface area (Å²) in [4.78, 5) is 0. The lowest BCUT2D eigenvalue weighted by molar-refractivity contribution is 0.174. The monoisotopic (exact) mass is 264 g/mol. The predicted molar refractivity (Wildman–Crippen MR) is 76.7 cm³/mol. The van der Waals surface area contributed by atoms with E-state index in [0.29, 0.717) is 12.7 Å². The van der Waals surface area contributed by atoms with E-state index in [1.807, 2.05) is 0 Å². The summed E-state index contributed by atoms with van der Waals surface area (Å²) in [5.74, 6) is 2.38. The van der Waals surface area contributed by atoms with Crippen LogP contribution in [0.3, 0.4) is 0 Å². The van der Waals surface area contributed by atoms with Gasteiger partial charge in [-0.15, -0.1) is 0 Å². The van der Waals surface area contributed by atoms with Gasteiger partial charge in [0.15, 0.2) is 11.5 Å². The fraction of sp³-hybridized carbons (Fsp3) is 0.600. The molecule has 0 amide bonds. The van der Waals surface area contributed by atoms with Crippen LogP contribution in [0, 0.1) is 12.8 Å². The van der Waals surface area contributed by atoms with Gasteiger partial charge >= 0.3 is 0 Å². The van der Waals surface area contributed by atoms with Crippen molar-refractivity contribution < 1.29 is 9.47 Å². The number of rotatable bonds is 7. The summed E-state index contributed by atoms with van der Waals surface area (Å²) in [5, 5.41) is 3.49. The molecule has 3 N–H and O–H groups in total. The Bertz CT molecular complexity index is 421. The van der Waals surface area contributed by atoms with Gasteiger partial charge in [0, 0.05) is 0 Å². The zero-order valence-corrected chi connectivity index (χ0v) is 11.9. The van der Waals surface area contributed by atoms with Crippen molar-refractivity contribution in [2.24, 2.45) is 11.7 Å². The van der Waals surface area contributed by atoms with Crippen LogP contribution in [-0.4, -0.2) is 26.4 Å². The summed E-state index contributed by atoms with van der Waals surface area (Å²) < 4.78 is 10.8. The highest BCUT2D eigenvalue weighted by Crippen LogP contribution is 2.34. The van der Waals surface area contributed by atoms with Crippen LogP contribution >= 0.6 is 0 Å². The Morgan fingerprint density at radius 2 is 2.05 bits per heavy atom. The summed E-state index contributed by atoms with van der Waals surface area (Å²) in [6.45, 7) is 7.47. The number of nitrogens with two attached hydrogens (primary N) is 1. The first kappa shape index (κ1) is 14.2. The third kappa shape index (κ3) is 3.85. The number of hydrogen-bond acceptors (Lipinski definition) is 4. The number of ether oxygens (including phenoxy) is 2. The van der Waals surface area contributed by atoms with Gasteiger partial charge in [0.2, 0.25) is 6.79 Å². The first-order valence-corrected chi connectivity index (χ1v) is 7.00. The van der Waals surface area contributed by atoms with Crippen LogP contribution in [0.4, 0.5) is 0 Å². The van der Waals surface area contributed by atoms with Crippen molar-refractivity contribution >= 4 is 0 Å². The van der Waals surface area contributed by atoms with E-state index in [2.05, 4.69) is 31.3 Å². The molecule has 1 aromatic carbocycles. The molecule has 2 rings (SSSR count). The van der Waals surface area contributed by atoms with Crippen molar-refractivity contribution in [2.75, 3.05) is 26.4 Å². The van der Waals surface area contributed by atoms with Crippen molar-refractivity contribution in [3.63, 3.8) is 0 Å². The summed E-state index contributed by atoms with van der Waals surface area (Å²) in [5.41, 5.74) is 8.13. The maximum Gasteiger partial charge on any atom is 0.231 e. The minimum absolute atomic E-state index is 0.340. The second kappa shape index (κ2) is 6.78. The first-order chi connectivity index (χ1) is 9.20. The van der Waals surface area contributed by atoms with Crippen molar-refractivity contribution in [2.45, 2.75) is 26.7 Å². The molecule has 1 aromatic rings. The van der Waals surface area contributed by atoms with Gasteiger partial charge in [0.1, 0.15) is 0 Å². The smallest absolute Gasteiger partial charge is 0.231 e. The Hall–Kier alpha value is -1.26. The molecule has 0 bridgehead atoms. The van der Waals surface area contributed by atoms with Crippen LogP contribution in [0.2, 0.25) is 0 Å². The second-order valence-corrected chi connectivity index (χ2v) is 5.27. The Morgan fingerprint density at radius 3 is 2.79 bits per heavy atom. The summed E-state index contributed by atoms with van der Waals surface area (Å²) in [6, 6.07) is 4.16. The van der Waals surface area contributed by atoms with Crippen LogP contribution in [0.1, 0.15) is 24.5 Å². The first-order valence-electron chi connectivity index (χ1n) is 7.00. The molecule has 0 spiro atoms. The fourth-order valence-electron chi connectivity index (χ4n) is 2.31. The highest BCUT2D eigenvalue weighted by molar-refractivity contribution is 5.48. The minimum Gasteiger partial charge on any atom is -0.454 e. The average Bonchev–Trinajstić information content (AvgIpc) is 2.82. The molecule has 0 fully saturated rings. The molecule has 4 nitrogen and oxygen atoms in total. The summed E-state index contributed by atoms with van der Waals surface area (Å²) in [6.07, 6.45) is 2.09. The standard InChI is InChI=1S/C15H24N2O2/c1-11(3-5-16)9-17-6-4-13-8-15-14(7-12(13)2)18-10-19-15/h7-8,11,17H,3-6,9-10,16H2,1-2H3. The van der Waals surface area contributed by atoms with Gasteiger partial charge in [-0.2, -0.15) is 0 Å². The van der Waals surface area contributed by atoms with Crippen molar-refractivity contribution in [1.82, 2.24) is 5.32 Å². The van der Waals surface area contributed by atoms with Crippen molar-refractivity contribution in [1.29, 1.82) is 0 Å². The summed E-state index contributed by atoms with van der Waals surface area (Å²) in [7, 11) is 0. The van der Waals surface area contributed by atoms with Gasteiger partial charge in [-0.25, -0.2) is 0 Å². The lowest BCUT2D eigenvalue weighted by Gasteiger charge is -2.12. The van der Waals surface area contributed by atoms with Gasteiger partial charge in [-0.3, -0.25) is 0 Å². The van der Waals surface area contributed by atoms with E-state index in [4.69, 9.17) is 15.2 Å². The van der Waals surface area contributed by atoms with Crippen molar-refractivity contribution in [3.8, 4) is 11.5 Å². The minimum atomic E-state index is 0.340. The van der Waals surface area contributed by atoms with Gasteiger partial charge in [-0.1, -0.05) is 6.92 Å². The Kier molecular flexibility index (Phi) is 5.05. The molecule has 1 aliphatic rings. The van der Waals surface area contributed by atoms with Gasteiger partial charge in [-0.05, 0) is 68.6 Å². The molecule has 0 saturated heterocycles. The van der Waals surface area contributed by atoms with E-state index < -0.39 is 0 Å². The fourth-order valence-corrected chi connectivity index (χ4v) is 2.31. The van der Waals surface area contributed by atoms with E-state index in [0.717, 1.165) is 44.0 Å². The average molecular weight is 264 g/mol. The molecule has 1 heterocycles. The quantitative estimate of drug-likeness (QED) is 0.738.